The maximum absolute atomic E-state index is 11.9. The molecule has 2 aromatic rings. The van der Waals surface area contributed by atoms with Gasteiger partial charge in [0.15, 0.2) is 16.9 Å². The fourth-order valence-corrected chi connectivity index (χ4v) is 1.86. The van der Waals surface area contributed by atoms with Crippen LogP contribution in [0, 0.1) is 0 Å². The number of carbonyl (C=O) groups is 1. The van der Waals surface area contributed by atoms with Crippen molar-refractivity contribution in [2.75, 3.05) is 13.9 Å². The Kier molecular flexibility index (Phi) is 2.22. The maximum atomic E-state index is 11.9. The fourth-order valence-electron chi connectivity index (χ4n) is 1.86. The molecule has 1 aliphatic rings. The highest BCUT2D eigenvalue weighted by atomic mass is 16.7. The van der Waals surface area contributed by atoms with Crippen LogP contribution in [0.4, 0.5) is 0 Å². The minimum absolute atomic E-state index is 0.105. The van der Waals surface area contributed by atoms with Crippen molar-refractivity contribution in [2.45, 2.75) is 0 Å². The van der Waals surface area contributed by atoms with E-state index in [-0.39, 0.29) is 17.9 Å². The topological polar surface area (TPSA) is 77.6 Å². The standard InChI is InChI=1S/C12H9NO5/c1-16-12(15)8-3-9(14)6-2-10-11(18-5-17-10)4-7(6)13-8/h2-4H,5H2,1H3,(H,13,14). The summed E-state index contributed by atoms with van der Waals surface area (Å²) in [7, 11) is 1.25. The normalized spacial score (nSPS) is 12.7. The molecular formula is C12H9NO5. The molecule has 1 aromatic heterocycles. The number of H-pyrrole nitrogens is 1. The first-order chi connectivity index (χ1) is 8.69. The molecule has 0 radical (unpaired) electrons. The third-order valence-corrected chi connectivity index (χ3v) is 2.73. The highest BCUT2D eigenvalue weighted by molar-refractivity contribution is 5.91. The predicted molar refractivity (Wildman–Crippen MR) is 62.0 cm³/mol. The van der Waals surface area contributed by atoms with Gasteiger partial charge in [0.2, 0.25) is 6.79 Å². The first kappa shape index (κ1) is 10.6. The van der Waals surface area contributed by atoms with Gasteiger partial charge in [-0.15, -0.1) is 0 Å². The third-order valence-electron chi connectivity index (χ3n) is 2.73. The predicted octanol–water partition coefficient (Wildman–Crippen LogP) is 1.04. The first-order valence-corrected chi connectivity index (χ1v) is 5.24. The molecule has 0 saturated heterocycles. The van der Waals surface area contributed by atoms with Crippen LogP contribution in [0.1, 0.15) is 10.5 Å². The molecule has 3 rings (SSSR count). The summed E-state index contributed by atoms with van der Waals surface area (Å²) < 4.78 is 15.0. The Balaban J connectivity index is 2.27. The van der Waals surface area contributed by atoms with Gasteiger partial charge in [0.1, 0.15) is 5.69 Å². The number of aromatic nitrogens is 1. The van der Waals surface area contributed by atoms with Crippen LogP contribution in [0.5, 0.6) is 11.5 Å². The number of rotatable bonds is 1. The summed E-state index contributed by atoms with van der Waals surface area (Å²) in [6, 6.07) is 4.43. The minimum Gasteiger partial charge on any atom is -0.464 e. The molecule has 0 unspecified atom stereocenters. The van der Waals surface area contributed by atoms with Crippen LogP contribution in [0.2, 0.25) is 0 Å². The van der Waals surface area contributed by atoms with Crippen LogP contribution in [-0.2, 0) is 4.74 Å². The summed E-state index contributed by atoms with van der Waals surface area (Å²) in [4.78, 5) is 26.1. The number of carbonyl (C=O) groups excluding carboxylic acids is 1. The van der Waals surface area contributed by atoms with E-state index >= 15 is 0 Å². The van der Waals surface area contributed by atoms with Gasteiger partial charge in [-0.25, -0.2) is 4.79 Å². The van der Waals surface area contributed by atoms with E-state index in [1.807, 2.05) is 0 Å². The van der Waals surface area contributed by atoms with E-state index in [0.29, 0.717) is 22.4 Å². The second-order valence-corrected chi connectivity index (χ2v) is 3.79. The maximum Gasteiger partial charge on any atom is 0.354 e. The molecule has 0 saturated carbocycles. The Hall–Kier alpha value is -2.50. The molecule has 0 amide bonds. The molecule has 1 aliphatic heterocycles. The number of fused-ring (bicyclic) bond motifs is 2. The first-order valence-electron chi connectivity index (χ1n) is 5.24. The van der Waals surface area contributed by atoms with Gasteiger partial charge in [0.25, 0.3) is 0 Å². The van der Waals surface area contributed by atoms with E-state index in [1.165, 1.54) is 13.2 Å². The molecule has 1 N–H and O–H groups in total. The lowest BCUT2D eigenvalue weighted by Crippen LogP contribution is -2.11. The highest BCUT2D eigenvalue weighted by Gasteiger charge is 2.17. The smallest absolute Gasteiger partial charge is 0.354 e. The molecule has 0 bridgehead atoms. The van der Waals surface area contributed by atoms with Crippen molar-refractivity contribution in [3.63, 3.8) is 0 Å². The quantitative estimate of drug-likeness (QED) is 0.762. The number of hydrogen-bond donors (Lipinski definition) is 1. The van der Waals surface area contributed by atoms with Gasteiger partial charge in [-0.05, 0) is 6.07 Å². The van der Waals surface area contributed by atoms with Crippen LogP contribution in [0.15, 0.2) is 23.0 Å². The molecule has 0 atom stereocenters. The molecule has 2 heterocycles. The van der Waals surface area contributed by atoms with Crippen molar-refractivity contribution >= 4 is 16.9 Å². The number of methoxy groups -OCH3 is 1. The number of pyridine rings is 1. The van der Waals surface area contributed by atoms with E-state index in [1.54, 1.807) is 12.1 Å². The van der Waals surface area contributed by atoms with Crippen LogP contribution < -0.4 is 14.9 Å². The average molecular weight is 247 g/mol. The SMILES string of the molecule is COC(=O)c1cc(=O)c2cc3c(cc2[nH]1)OCO3. The van der Waals surface area contributed by atoms with Gasteiger partial charge >= 0.3 is 5.97 Å². The number of esters is 1. The summed E-state index contributed by atoms with van der Waals surface area (Å²) in [5.41, 5.74) is 0.337. The molecule has 6 nitrogen and oxygen atoms in total. The summed E-state index contributed by atoms with van der Waals surface area (Å²) >= 11 is 0. The second kappa shape index (κ2) is 3.76. The third kappa shape index (κ3) is 1.50. The number of ether oxygens (including phenoxy) is 3. The van der Waals surface area contributed by atoms with E-state index < -0.39 is 5.97 Å². The van der Waals surface area contributed by atoms with Gasteiger partial charge < -0.3 is 19.2 Å². The van der Waals surface area contributed by atoms with Gasteiger partial charge in [-0.2, -0.15) is 0 Å². The Morgan fingerprint density at radius 1 is 1.28 bits per heavy atom. The number of hydrogen-bond acceptors (Lipinski definition) is 5. The van der Waals surface area contributed by atoms with E-state index in [9.17, 15) is 9.59 Å². The van der Waals surface area contributed by atoms with Crippen molar-refractivity contribution in [3.8, 4) is 11.5 Å². The lowest BCUT2D eigenvalue weighted by atomic mass is 10.1. The Morgan fingerprint density at radius 2 is 2.00 bits per heavy atom. The van der Waals surface area contributed by atoms with Gasteiger partial charge in [0.05, 0.1) is 12.6 Å². The van der Waals surface area contributed by atoms with Gasteiger partial charge in [-0.1, -0.05) is 0 Å². The van der Waals surface area contributed by atoms with Crippen molar-refractivity contribution in [1.29, 1.82) is 0 Å². The second-order valence-electron chi connectivity index (χ2n) is 3.79. The van der Waals surface area contributed by atoms with E-state index in [4.69, 9.17) is 9.47 Å². The molecule has 18 heavy (non-hydrogen) atoms. The Labute approximate surface area is 101 Å². The lowest BCUT2D eigenvalue weighted by Gasteiger charge is -2.03. The summed E-state index contributed by atoms with van der Waals surface area (Å²) in [5, 5.41) is 0.437. The van der Waals surface area contributed by atoms with E-state index in [0.717, 1.165) is 0 Å². The largest absolute Gasteiger partial charge is 0.464 e. The fraction of sp³-hybridized carbons (Fsp3) is 0.167. The van der Waals surface area contributed by atoms with E-state index in [2.05, 4.69) is 9.72 Å². The number of benzene rings is 1. The summed E-state index contributed by atoms with van der Waals surface area (Å²) in [6.45, 7) is 0.129. The molecule has 0 spiro atoms. The lowest BCUT2D eigenvalue weighted by molar-refractivity contribution is 0.0594. The molecule has 1 aromatic carbocycles. The molecular weight excluding hydrogens is 238 g/mol. The highest BCUT2D eigenvalue weighted by Crippen LogP contribution is 2.34. The van der Waals surface area contributed by atoms with Crippen LogP contribution in [0.25, 0.3) is 10.9 Å². The molecule has 92 valence electrons. The molecule has 0 aliphatic carbocycles. The van der Waals surface area contributed by atoms with Crippen molar-refractivity contribution in [3.05, 3.63) is 34.1 Å². The summed E-state index contributed by atoms with van der Waals surface area (Å²) in [6.07, 6.45) is 0. The van der Waals surface area contributed by atoms with Crippen molar-refractivity contribution in [1.82, 2.24) is 4.98 Å². The Bertz CT molecular complexity index is 703. The zero-order chi connectivity index (χ0) is 12.7. The average Bonchev–Trinajstić information content (AvgIpc) is 2.82. The van der Waals surface area contributed by atoms with Crippen molar-refractivity contribution in [2.24, 2.45) is 0 Å². The number of aromatic amines is 1. The van der Waals surface area contributed by atoms with Crippen LogP contribution >= 0.6 is 0 Å². The molecule has 6 heteroatoms. The van der Waals surface area contributed by atoms with Crippen LogP contribution in [0.3, 0.4) is 0 Å². The zero-order valence-electron chi connectivity index (χ0n) is 9.48. The van der Waals surface area contributed by atoms with Crippen LogP contribution in [-0.4, -0.2) is 24.9 Å². The molecule has 0 fully saturated rings. The van der Waals surface area contributed by atoms with Gasteiger partial charge in [0, 0.05) is 17.5 Å². The monoisotopic (exact) mass is 247 g/mol. The minimum atomic E-state index is -0.591. The number of nitrogens with one attached hydrogen (secondary N) is 1. The van der Waals surface area contributed by atoms with Crippen molar-refractivity contribution < 1.29 is 19.0 Å². The Morgan fingerprint density at radius 3 is 2.72 bits per heavy atom. The summed E-state index contributed by atoms with van der Waals surface area (Å²) in [5.74, 6) is 0.477. The van der Waals surface area contributed by atoms with Gasteiger partial charge in [-0.3, -0.25) is 4.79 Å². The zero-order valence-corrected chi connectivity index (χ0v) is 9.48.